The summed E-state index contributed by atoms with van der Waals surface area (Å²) >= 11 is 0. The third kappa shape index (κ3) is 2.50. The van der Waals surface area contributed by atoms with Crippen molar-refractivity contribution in [3.05, 3.63) is 23.9 Å². The molecule has 1 unspecified atom stereocenters. The van der Waals surface area contributed by atoms with Gasteiger partial charge in [0.25, 0.3) is 0 Å². The summed E-state index contributed by atoms with van der Waals surface area (Å²) in [7, 11) is 0. The minimum absolute atomic E-state index is 0.106. The van der Waals surface area contributed by atoms with Crippen molar-refractivity contribution < 1.29 is 4.79 Å². The lowest BCUT2D eigenvalue weighted by Crippen LogP contribution is -2.55. The average molecular weight is 259 g/mol. The number of aromatic nitrogens is 1. The normalized spacial score (nSPS) is 24.1. The zero-order valence-electron chi connectivity index (χ0n) is 11.5. The highest BCUT2D eigenvalue weighted by Gasteiger charge is 2.30. The summed E-state index contributed by atoms with van der Waals surface area (Å²) in [5.41, 5.74) is 0.756. The minimum atomic E-state index is 0.106. The Bertz CT molecular complexity index is 474. The van der Waals surface area contributed by atoms with Crippen molar-refractivity contribution in [3.8, 4) is 0 Å². The molecular formula is C15H21N3O. The zero-order valence-corrected chi connectivity index (χ0v) is 11.5. The Labute approximate surface area is 114 Å². The molecule has 2 saturated heterocycles. The lowest BCUT2D eigenvalue weighted by atomic mass is 9.99. The summed E-state index contributed by atoms with van der Waals surface area (Å²) in [6.07, 6.45) is 5.73. The van der Waals surface area contributed by atoms with Gasteiger partial charge >= 0.3 is 0 Å². The van der Waals surface area contributed by atoms with Crippen LogP contribution in [0.15, 0.2) is 18.3 Å². The molecule has 4 heteroatoms. The molecule has 2 aliphatic rings. The number of piperidine rings is 1. The first-order valence-electron chi connectivity index (χ1n) is 7.20. The lowest BCUT2D eigenvalue weighted by Gasteiger charge is -2.44. The van der Waals surface area contributed by atoms with Crippen LogP contribution < -0.4 is 4.90 Å². The van der Waals surface area contributed by atoms with E-state index in [0.717, 1.165) is 31.0 Å². The zero-order chi connectivity index (χ0) is 13.2. The third-order valence-electron chi connectivity index (χ3n) is 4.30. The number of hydrogen-bond donors (Lipinski definition) is 0. The van der Waals surface area contributed by atoms with Gasteiger partial charge in [0.15, 0.2) is 5.78 Å². The number of nitrogens with zero attached hydrogens (tertiary/aromatic N) is 3. The number of fused-ring (bicyclic) bond motifs is 1. The first-order chi connectivity index (χ1) is 9.25. The maximum absolute atomic E-state index is 11.7. The predicted octanol–water partition coefficient (Wildman–Crippen LogP) is 1.96. The average Bonchev–Trinajstić information content (AvgIpc) is 2.46. The Morgan fingerprint density at radius 2 is 2.21 bits per heavy atom. The predicted molar refractivity (Wildman–Crippen MR) is 75.7 cm³/mol. The molecule has 0 bridgehead atoms. The van der Waals surface area contributed by atoms with Crippen LogP contribution >= 0.6 is 0 Å². The molecular weight excluding hydrogens is 238 g/mol. The topological polar surface area (TPSA) is 36.4 Å². The largest absolute Gasteiger partial charge is 0.353 e. The van der Waals surface area contributed by atoms with Crippen LogP contribution in [0.4, 0.5) is 5.82 Å². The summed E-state index contributed by atoms with van der Waals surface area (Å²) in [5, 5.41) is 0. The summed E-state index contributed by atoms with van der Waals surface area (Å²) in [6.45, 7) is 5.95. The SMILES string of the molecule is CC(=O)c1cccnc1N1CCN2CCCCC2C1. The minimum Gasteiger partial charge on any atom is -0.353 e. The molecule has 3 heterocycles. The number of pyridine rings is 1. The second-order valence-electron chi connectivity index (χ2n) is 5.56. The number of rotatable bonds is 2. The molecule has 1 aromatic heterocycles. The molecule has 0 saturated carbocycles. The first kappa shape index (κ1) is 12.6. The highest BCUT2D eigenvalue weighted by molar-refractivity contribution is 5.98. The second kappa shape index (κ2) is 5.29. The van der Waals surface area contributed by atoms with Crippen molar-refractivity contribution in [1.82, 2.24) is 9.88 Å². The van der Waals surface area contributed by atoms with E-state index in [4.69, 9.17) is 0 Å². The fourth-order valence-electron chi connectivity index (χ4n) is 3.27. The molecule has 0 spiro atoms. The maximum atomic E-state index is 11.7. The Kier molecular flexibility index (Phi) is 3.51. The second-order valence-corrected chi connectivity index (χ2v) is 5.56. The highest BCUT2D eigenvalue weighted by atomic mass is 16.1. The Morgan fingerprint density at radius 1 is 1.32 bits per heavy atom. The van der Waals surface area contributed by atoms with Crippen LogP contribution in [-0.2, 0) is 0 Å². The van der Waals surface area contributed by atoms with E-state index in [-0.39, 0.29) is 5.78 Å². The fourth-order valence-corrected chi connectivity index (χ4v) is 3.27. The molecule has 2 fully saturated rings. The summed E-state index contributed by atoms with van der Waals surface area (Å²) < 4.78 is 0. The van der Waals surface area contributed by atoms with Crippen LogP contribution in [0.2, 0.25) is 0 Å². The fraction of sp³-hybridized carbons (Fsp3) is 0.600. The number of anilines is 1. The number of ketones is 1. The molecule has 0 amide bonds. The van der Waals surface area contributed by atoms with Gasteiger partial charge in [0.05, 0.1) is 5.56 Å². The molecule has 1 atom stereocenters. The monoisotopic (exact) mass is 259 g/mol. The summed E-state index contributed by atoms with van der Waals surface area (Å²) in [4.78, 5) is 21.1. The molecule has 0 aliphatic carbocycles. The van der Waals surface area contributed by atoms with E-state index in [1.807, 2.05) is 12.1 Å². The molecule has 0 radical (unpaired) electrons. The number of piperazine rings is 1. The van der Waals surface area contributed by atoms with E-state index in [9.17, 15) is 4.79 Å². The van der Waals surface area contributed by atoms with Gasteiger partial charge in [-0.3, -0.25) is 9.69 Å². The molecule has 2 aliphatic heterocycles. The summed E-state index contributed by atoms with van der Waals surface area (Å²) in [6, 6.07) is 4.37. The molecule has 19 heavy (non-hydrogen) atoms. The number of hydrogen-bond acceptors (Lipinski definition) is 4. The van der Waals surface area contributed by atoms with E-state index in [1.165, 1.54) is 25.8 Å². The molecule has 0 aromatic carbocycles. The van der Waals surface area contributed by atoms with Crippen LogP contribution in [-0.4, -0.2) is 47.9 Å². The molecule has 4 nitrogen and oxygen atoms in total. The van der Waals surface area contributed by atoms with E-state index >= 15 is 0 Å². The van der Waals surface area contributed by atoms with Gasteiger partial charge in [-0.2, -0.15) is 0 Å². The van der Waals surface area contributed by atoms with Crippen LogP contribution in [0, 0.1) is 0 Å². The van der Waals surface area contributed by atoms with Gasteiger partial charge < -0.3 is 4.90 Å². The maximum Gasteiger partial charge on any atom is 0.163 e. The molecule has 102 valence electrons. The van der Waals surface area contributed by atoms with Crippen LogP contribution in [0.5, 0.6) is 0 Å². The summed E-state index contributed by atoms with van der Waals surface area (Å²) in [5.74, 6) is 0.981. The molecule has 1 aromatic rings. The van der Waals surface area contributed by atoms with Crippen molar-refractivity contribution in [2.45, 2.75) is 32.2 Å². The first-order valence-corrected chi connectivity index (χ1v) is 7.20. The van der Waals surface area contributed by atoms with Gasteiger partial charge in [0.2, 0.25) is 0 Å². The van der Waals surface area contributed by atoms with Crippen molar-refractivity contribution in [2.24, 2.45) is 0 Å². The van der Waals surface area contributed by atoms with Crippen LogP contribution in [0.3, 0.4) is 0 Å². The Balaban J connectivity index is 1.81. The highest BCUT2D eigenvalue weighted by Crippen LogP contribution is 2.25. The Hall–Kier alpha value is -1.42. The van der Waals surface area contributed by atoms with Crippen molar-refractivity contribution in [3.63, 3.8) is 0 Å². The third-order valence-corrected chi connectivity index (χ3v) is 4.30. The smallest absolute Gasteiger partial charge is 0.163 e. The van der Waals surface area contributed by atoms with Gasteiger partial charge in [-0.25, -0.2) is 4.98 Å². The van der Waals surface area contributed by atoms with E-state index in [0.29, 0.717) is 6.04 Å². The van der Waals surface area contributed by atoms with Crippen molar-refractivity contribution in [2.75, 3.05) is 31.1 Å². The quantitative estimate of drug-likeness (QED) is 0.761. The van der Waals surface area contributed by atoms with Gasteiger partial charge in [-0.05, 0) is 38.4 Å². The van der Waals surface area contributed by atoms with Gasteiger partial charge in [0.1, 0.15) is 5.82 Å². The number of Topliss-reactive ketones (excluding diaryl/α,β-unsaturated/α-hetero) is 1. The van der Waals surface area contributed by atoms with Gasteiger partial charge in [-0.1, -0.05) is 6.42 Å². The van der Waals surface area contributed by atoms with E-state index < -0.39 is 0 Å². The lowest BCUT2D eigenvalue weighted by molar-refractivity contribution is 0.101. The molecule has 3 rings (SSSR count). The van der Waals surface area contributed by atoms with E-state index in [2.05, 4.69) is 14.8 Å². The van der Waals surface area contributed by atoms with E-state index in [1.54, 1.807) is 13.1 Å². The van der Waals surface area contributed by atoms with Gasteiger partial charge in [0, 0.05) is 31.9 Å². The Morgan fingerprint density at radius 3 is 3.05 bits per heavy atom. The molecule has 0 N–H and O–H groups in total. The number of carbonyl (C=O) groups is 1. The van der Waals surface area contributed by atoms with Crippen LogP contribution in [0.25, 0.3) is 0 Å². The van der Waals surface area contributed by atoms with Crippen LogP contribution in [0.1, 0.15) is 36.5 Å². The van der Waals surface area contributed by atoms with Crippen molar-refractivity contribution in [1.29, 1.82) is 0 Å². The van der Waals surface area contributed by atoms with Crippen molar-refractivity contribution >= 4 is 11.6 Å². The van der Waals surface area contributed by atoms with Gasteiger partial charge in [-0.15, -0.1) is 0 Å². The number of carbonyl (C=O) groups excluding carboxylic acids is 1. The standard InChI is InChI=1S/C15H21N3O/c1-12(19)14-6-4-7-16-15(14)18-10-9-17-8-3-2-5-13(17)11-18/h4,6-7,13H,2-3,5,8-11H2,1H3.